The minimum Gasteiger partial charge on any atom is -0.302 e. The number of aryl methyl sites for hydroxylation is 1. The maximum Gasteiger partial charge on any atom is 0.431 e. The quantitative estimate of drug-likeness (QED) is 0.857. The molecule has 0 aliphatic rings. The molecule has 0 aliphatic heterocycles. The molecule has 1 N–H and O–H groups in total. The van der Waals surface area contributed by atoms with E-state index >= 15 is 0 Å². The van der Waals surface area contributed by atoms with Crippen LogP contribution in [0.25, 0.3) is 10.6 Å². The van der Waals surface area contributed by atoms with E-state index in [1.165, 1.54) is 11.3 Å². The highest BCUT2D eigenvalue weighted by Gasteiger charge is 2.32. The van der Waals surface area contributed by atoms with Crippen LogP contribution in [0.5, 0.6) is 0 Å². The van der Waals surface area contributed by atoms with Gasteiger partial charge >= 0.3 is 11.9 Å². The van der Waals surface area contributed by atoms with Gasteiger partial charge in [0.25, 0.3) is 0 Å². The molecule has 0 amide bonds. The molecular weight excluding hydrogens is 253 g/mol. The third-order valence-corrected chi connectivity index (χ3v) is 3.07. The zero-order valence-corrected chi connectivity index (χ0v) is 9.45. The summed E-state index contributed by atoms with van der Waals surface area (Å²) in [4.78, 5) is 17.8. The Balaban J connectivity index is 2.57. The lowest BCUT2D eigenvalue weighted by Gasteiger charge is -2.06. The number of thiophene rings is 1. The summed E-state index contributed by atoms with van der Waals surface area (Å²) >= 11 is 1.29. The van der Waals surface area contributed by atoms with Gasteiger partial charge in [-0.3, -0.25) is 0 Å². The van der Waals surface area contributed by atoms with Crippen LogP contribution in [-0.4, -0.2) is 9.97 Å². The first-order valence-electron chi connectivity index (χ1n) is 4.61. The molecule has 17 heavy (non-hydrogen) atoms. The molecule has 2 rings (SSSR count). The summed E-state index contributed by atoms with van der Waals surface area (Å²) in [6.45, 7) is 1.83. The number of hydrogen-bond acceptors (Lipinski definition) is 3. The van der Waals surface area contributed by atoms with E-state index in [4.69, 9.17) is 0 Å². The van der Waals surface area contributed by atoms with Crippen molar-refractivity contribution in [2.75, 3.05) is 0 Å². The van der Waals surface area contributed by atoms with Gasteiger partial charge in [0.1, 0.15) is 5.69 Å². The molecule has 2 aromatic heterocycles. The zero-order chi connectivity index (χ0) is 12.6. The molecule has 0 bridgehead atoms. The summed E-state index contributed by atoms with van der Waals surface area (Å²) in [5.74, 6) is 0. The molecule has 0 unspecified atom stereocenters. The Labute approximate surface area is 98.0 Å². The lowest BCUT2D eigenvalue weighted by molar-refractivity contribution is -0.141. The van der Waals surface area contributed by atoms with Crippen LogP contribution in [0.2, 0.25) is 0 Å². The normalized spacial score (nSPS) is 11.8. The highest BCUT2D eigenvalue weighted by atomic mass is 32.1. The Bertz CT molecular complexity index is 600. The third-order valence-electron chi connectivity index (χ3n) is 2.04. The van der Waals surface area contributed by atoms with Crippen LogP contribution < -0.4 is 5.69 Å². The molecule has 0 aliphatic carbocycles. The number of nitrogens with one attached hydrogen (secondary N) is 1. The summed E-state index contributed by atoms with van der Waals surface area (Å²) in [5, 5.41) is 0. The Hall–Kier alpha value is -1.63. The maximum atomic E-state index is 12.5. The van der Waals surface area contributed by atoms with Crippen LogP contribution in [0.15, 0.2) is 23.0 Å². The van der Waals surface area contributed by atoms with Crippen LogP contribution in [0, 0.1) is 6.92 Å². The van der Waals surface area contributed by atoms with Crippen molar-refractivity contribution in [2.45, 2.75) is 13.1 Å². The molecule has 90 valence electrons. The molecule has 2 heterocycles. The molecule has 0 spiro atoms. The van der Waals surface area contributed by atoms with Gasteiger partial charge in [0.15, 0.2) is 0 Å². The van der Waals surface area contributed by atoms with Crippen molar-refractivity contribution in [1.29, 1.82) is 0 Å². The average molecular weight is 260 g/mol. The number of hydrogen-bond donors (Lipinski definition) is 1. The molecule has 0 saturated heterocycles. The van der Waals surface area contributed by atoms with Gasteiger partial charge in [-0.05, 0) is 25.1 Å². The number of rotatable bonds is 1. The summed E-state index contributed by atoms with van der Waals surface area (Å²) in [6, 6.07) is 4.24. The van der Waals surface area contributed by atoms with Gasteiger partial charge in [-0.2, -0.15) is 18.2 Å². The fraction of sp³-hybridized carbons (Fsp3) is 0.200. The molecule has 0 atom stereocenters. The Morgan fingerprint density at radius 2 is 2.06 bits per heavy atom. The van der Waals surface area contributed by atoms with Crippen molar-refractivity contribution in [1.82, 2.24) is 9.97 Å². The van der Waals surface area contributed by atoms with E-state index in [-0.39, 0.29) is 5.69 Å². The van der Waals surface area contributed by atoms with E-state index in [1.54, 1.807) is 17.1 Å². The van der Waals surface area contributed by atoms with E-state index in [2.05, 4.69) is 4.98 Å². The summed E-state index contributed by atoms with van der Waals surface area (Å²) < 4.78 is 37.4. The second kappa shape index (κ2) is 3.99. The highest BCUT2D eigenvalue weighted by molar-refractivity contribution is 7.15. The van der Waals surface area contributed by atoms with Gasteiger partial charge in [0, 0.05) is 4.88 Å². The predicted molar refractivity (Wildman–Crippen MR) is 57.9 cm³/mol. The second-order valence-electron chi connectivity index (χ2n) is 3.39. The van der Waals surface area contributed by atoms with Gasteiger partial charge in [0.2, 0.25) is 0 Å². The molecule has 0 radical (unpaired) electrons. The Morgan fingerprint density at radius 3 is 2.59 bits per heavy atom. The molecule has 0 aromatic carbocycles. The molecule has 3 nitrogen and oxygen atoms in total. The van der Waals surface area contributed by atoms with Crippen LogP contribution in [0.3, 0.4) is 0 Å². The molecule has 0 fully saturated rings. The van der Waals surface area contributed by atoms with E-state index in [1.807, 2.05) is 6.92 Å². The SMILES string of the molecule is Cc1ccc(-c2cc(C(F)(F)F)[nH]c(=O)n2)s1. The Morgan fingerprint density at radius 1 is 1.35 bits per heavy atom. The van der Waals surface area contributed by atoms with Crippen LogP contribution in [-0.2, 0) is 6.18 Å². The number of aromatic nitrogens is 2. The number of alkyl halides is 3. The third kappa shape index (κ3) is 2.55. The first kappa shape index (κ1) is 11.8. The van der Waals surface area contributed by atoms with E-state index in [9.17, 15) is 18.0 Å². The largest absolute Gasteiger partial charge is 0.431 e. The van der Waals surface area contributed by atoms with Gasteiger partial charge in [0.05, 0.1) is 10.6 Å². The lowest BCUT2D eigenvalue weighted by Crippen LogP contribution is -2.19. The number of aromatic amines is 1. The summed E-state index contributed by atoms with van der Waals surface area (Å²) in [7, 11) is 0. The second-order valence-corrected chi connectivity index (χ2v) is 4.68. The van der Waals surface area contributed by atoms with E-state index in [0.29, 0.717) is 4.88 Å². The van der Waals surface area contributed by atoms with Crippen molar-refractivity contribution in [3.8, 4) is 10.6 Å². The van der Waals surface area contributed by atoms with Gasteiger partial charge < -0.3 is 4.98 Å². The van der Waals surface area contributed by atoms with Gasteiger partial charge in [-0.15, -0.1) is 11.3 Å². The Kier molecular flexibility index (Phi) is 2.78. The van der Waals surface area contributed by atoms with Crippen LogP contribution in [0.1, 0.15) is 10.6 Å². The smallest absolute Gasteiger partial charge is 0.302 e. The first-order chi connectivity index (χ1) is 7.86. The van der Waals surface area contributed by atoms with Crippen molar-refractivity contribution in [3.05, 3.63) is 39.3 Å². The van der Waals surface area contributed by atoms with Crippen molar-refractivity contribution >= 4 is 11.3 Å². The predicted octanol–water partition coefficient (Wildman–Crippen LogP) is 2.83. The summed E-state index contributed by atoms with van der Waals surface area (Å²) in [5.41, 5.74) is -2.04. The number of halogens is 3. The first-order valence-corrected chi connectivity index (χ1v) is 5.43. The summed E-state index contributed by atoms with van der Waals surface area (Å²) in [6.07, 6.45) is -4.58. The zero-order valence-electron chi connectivity index (χ0n) is 8.63. The van der Waals surface area contributed by atoms with Crippen molar-refractivity contribution in [2.24, 2.45) is 0 Å². The number of H-pyrrole nitrogens is 1. The molecular formula is C10H7F3N2OS. The van der Waals surface area contributed by atoms with Gasteiger partial charge in [-0.25, -0.2) is 4.79 Å². The van der Waals surface area contributed by atoms with E-state index < -0.39 is 17.6 Å². The fourth-order valence-electron chi connectivity index (χ4n) is 1.31. The maximum absolute atomic E-state index is 12.5. The minimum absolute atomic E-state index is 0.0409. The molecule has 7 heteroatoms. The minimum atomic E-state index is -4.58. The molecule has 2 aromatic rings. The van der Waals surface area contributed by atoms with Crippen LogP contribution >= 0.6 is 11.3 Å². The standard InChI is InChI=1S/C10H7F3N2OS/c1-5-2-3-7(17-5)6-4-8(10(11,12)13)15-9(16)14-6/h2-4H,1H3,(H,14,15,16). The molecule has 0 saturated carbocycles. The highest BCUT2D eigenvalue weighted by Crippen LogP contribution is 2.31. The van der Waals surface area contributed by atoms with E-state index in [0.717, 1.165) is 10.9 Å². The van der Waals surface area contributed by atoms with Crippen LogP contribution in [0.4, 0.5) is 13.2 Å². The van der Waals surface area contributed by atoms with Crippen molar-refractivity contribution in [3.63, 3.8) is 0 Å². The van der Waals surface area contributed by atoms with Gasteiger partial charge in [-0.1, -0.05) is 0 Å². The van der Waals surface area contributed by atoms with Crippen molar-refractivity contribution < 1.29 is 13.2 Å². The lowest BCUT2D eigenvalue weighted by atomic mass is 10.3. The monoisotopic (exact) mass is 260 g/mol. The number of nitrogens with zero attached hydrogens (tertiary/aromatic N) is 1. The topological polar surface area (TPSA) is 45.8 Å². The fourth-order valence-corrected chi connectivity index (χ4v) is 2.14. The average Bonchev–Trinajstić information content (AvgIpc) is 2.62.